The maximum atomic E-state index is 5.13. The number of hydrogen-bond donors (Lipinski definition) is 1. The second kappa shape index (κ2) is 8.79. The highest BCUT2D eigenvalue weighted by Crippen LogP contribution is 2.08. The molecule has 1 N–H and O–H groups in total. The van der Waals surface area contributed by atoms with Gasteiger partial charge in [-0.05, 0) is 6.92 Å². The van der Waals surface area contributed by atoms with Gasteiger partial charge >= 0.3 is 0 Å². The van der Waals surface area contributed by atoms with Gasteiger partial charge in [0.05, 0.1) is 19.3 Å². The van der Waals surface area contributed by atoms with E-state index < -0.39 is 0 Å². The van der Waals surface area contributed by atoms with Gasteiger partial charge < -0.3 is 19.7 Å². The Morgan fingerprint density at radius 1 is 1.26 bits per heavy atom. The van der Waals surface area contributed by atoms with Crippen molar-refractivity contribution in [1.29, 1.82) is 0 Å². The van der Waals surface area contributed by atoms with Crippen molar-refractivity contribution in [3.8, 4) is 0 Å². The lowest BCUT2D eigenvalue weighted by Crippen LogP contribution is -2.33. The van der Waals surface area contributed by atoms with Gasteiger partial charge in [-0.1, -0.05) is 0 Å². The molecule has 0 aliphatic heterocycles. The molecule has 6 nitrogen and oxygen atoms in total. The fourth-order valence-electron chi connectivity index (χ4n) is 1.58. The molecule has 0 radical (unpaired) electrons. The number of likely N-dealkylation sites (N-methyl/N-ethyl adjacent to an activating group) is 1. The van der Waals surface area contributed by atoms with Gasteiger partial charge in [-0.25, -0.2) is 9.97 Å². The SMILES string of the molecule is COCCNCc1cnc(N(C)C(C)COC)nc1. The molecule has 6 heteroatoms. The van der Waals surface area contributed by atoms with Crippen molar-refractivity contribution in [2.45, 2.75) is 19.5 Å². The molecule has 1 aromatic heterocycles. The second-order valence-corrected chi connectivity index (χ2v) is 4.48. The minimum Gasteiger partial charge on any atom is -0.383 e. The van der Waals surface area contributed by atoms with E-state index in [1.807, 2.05) is 24.3 Å². The van der Waals surface area contributed by atoms with Crippen LogP contribution in [-0.4, -0.2) is 57.0 Å². The minimum absolute atomic E-state index is 0.246. The Labute approximate surface area is 115 Å². The summed E-state index contributed by atoms with van der Waals surface area (Å²) in [6.45, 7) is 5.01. The van der Waals surface area contributed by atoms with Crippen LogP contribution in [0.25, 0.3) is 0 Å². The third kappa shape index (κ3) is 5.50. The third-order valence-electron chi connectivity index (χ3n) is 2.89. The zero-order valence-corrected chi connectivity index (χ0v) is 12.2. The van der Waals surface area contributed by atoms with Crippen molar-refractivity contribution in [2.24, 2.45) is 0 Å². The van der Waals surface area contributed by atoms with E-state index >= 15 is 0 Å². The van der Waals surface area contributed by atoms with Crippen molar-refractivity contribution in [3.05, 3.63) is 18.0 Å². The summed E-state index contributed by atoms with van der Waals surface area (Å²) >= 11 is 0. The molecule has 19 heavy (non-hydrogen) atoms. The Balaban J connectivity index is 2.46. The molecule has 1 rings (SSSR count). The first-order valence-corrected chi connectivity index (χ1v) is 6.41. The fraction of sp³-hybridized carbons (Fsp3) is 0.692. The van der Waals surface area contributed by atoms with Crippen molar-refractivity contribution in [3.63, 3.8) is 0 Å². The Hall–Kier alpha value is -1.24. The van der Waals surface area contributed by atoms with Crippen LogP contribution in [0.4, 0.5) is 5.95 Å². The standard InChI is InChI=1S/C13H24N4O2/c1-11(10-19-4)17(2)13-15-8-12(9-16-13)7-14-5-6-18-3/h8-9,11,14H,5-7,10H2,1-4H3. The Bertz CT molecular complexity index is 345. The van der Waals surface area contributed by atoms with E-state index in [0.29, 0.717) is 19.2 Å². The maximum Gasteiger partial charge on any atom is 0.225 e. The summed E-state index contributed by atoms with van der Waals surface area (Å²) < 4.78 is 10.1. The van der Waals surface area contributed by atoms with Crippen LogP contribution in [0, 0.1) is 0 Å². The van der Waals surface area contributed by atoms with E-state index in [4.69, 9.17) is 9.47 Å². The summed E-state index contributed by atoms with van der Waals surface area (Å²) in [5, 5.41) is 3.26. The quantitative estimate of drug-likeness (QED) is 0.665. The second-order valence-electron chi connectivity index (χ2n) is 4.48. The summed E-state index contributed by atoms with van der Waals surface area (Å²) in [7, 11) is 5.35. The van der Waals surface area contributed by atoms with E-state index in [1.54, 1.807) is 14.2 Å². The molecule has 0 saturated carbocycles. The topological polar surface area (TPSA) is 59.5 Å². The van der Waals surface area contributed by atoms with Crippen LogP contribution in [0.15, 0.2) is 12.4 Å². The first-order chi connectivity index (χ1) is 9.19. The first kappa shape index (κ1) is 15.8. The predicted octanol–water partition coefficient (Wildman–Crippen LogP) is 0.684. The molecule has 1 unspecified atom stereocenters. The van der Waals surface area contributed by atoms with Crippen molar-refractivity contribution in [2.75, 3.05) is 45.9 Å². The van der Waals surface area contributed by atoms with E-state index in [1.165, 1.54) is 0 Å². The number of nitrogens with one attached hydrogen (secondary N) is 1. The number of aromatic nitrogens is 2. The average molecular weight is 268 g/mol. The van der Waals surface area contributed by atoms with Crippen LogP contribution >= 0.6 is 0 Å². The van der Waals surface area contributed by atoms with E-state index in [9.17, 15) is 0 Å². The highest BCUT2D eigenvalue weighted by Gasteiger charge is 2.11. The number of anilines is 1. The monoisotopic (exact) mass is 268 g/mol. The number of hydrogen-bond acceptors (Lipinski definition) is 6. The fourth-order valence-corrected chi connectivity index (χ4v) is 1.58. The van der Waals surface area contributed by atoms with Crippen LogP contribution in [-0.2, 0) is 16.0 Å². The normalized spacial score (nSPS) is 12.4. The lowest BCUT2D eigenvalue weighted by Gasteiger charge is -2.24. The molecule has 0 saturated heterocycles. The third-order valence-corrected chi connectivity index (χ3v) is 2.89. The Morgan fingerprint density at radius 3 is 2.53 bits per heavy atom. The summed E-state index contributed by atoms with van der Waals surface area (Å²) in [6, 6.07) is 0.246. The molecule has 1 heterocycles. The molecule has 108 valence electrons. The molecule has 0 spiro atoms. The van der Waals surface area contributed by atoms with Gasteiger partial charge in [-0.2, -0.15) is 0 Å². The maximum absolute atomic E-state index is 5.13. The van der Waals surface area contributed by atoms with Gasteiger partial charge in [0.15, 0.2) is 0 Å². The molecule has 0 aliphatic carbocycles. The van der Waals surface area contributed by atoms with Crippen molar-refractivity contribution >= 4 is 5.95 Å². The molecule has 0 fully saturated rings. The van der Waals surface area contributed by atoms with Crippen LogP contribution in [0.5, 0.6) is 0 Å². The van der Waals surface area contributed by atoms with Crippen LogP contribution in [0.1, 0.15) is 12.5 Å². The van der Waals surface area contributed by atoms with Gasteiger partial charge in [0, 0.05) is 52.3 Å². The predicted molar refractivity (Wildman–Crippen MR) is 75.4 cm³/mol. The molecule has 1 aromatic rings. The lowest BCUT2D eigenvalue weighted by atomic mass is 10.3. The summed E-state index contributed by atoms with van der Waals surface area (Å²) in [4.78, 5) is 10.7. The van der Waals surface area contributed by atoms with Crippen molar-refractivity contribution in [1.82, 2.24) is 15.3 Å². The smallest absolute Gasteiger partial charge is 0.225 e. The molecule has 0 bridgehead atoms. The van der Waals surface area contributed by atoms with Gasteiger partial charge in [0.25, 0.3) is 0 Å². The summed E-state index contributed by atoms with van der Waals surface area (Å²) in [5.74, 6) is 0.713. The molecular weight excluding hydrogens is 244 g/mol. The first-order valence-electron chi connectivity index (χ1n) is 6.41. The number of nitrogens with zero attached hydrogens (tertiary/aromatic N) is 3. The lowest BCUT2D eigenvalue weighted by molar-refractivity contribution is 0.183. The number of rotatable bonds is 9. The Morgan fingerprint density at radius 2 is 1.95 bits per heavy atom. The summed E-state index contributed by atoms with van der Waals surface area (Å²) in [5.41, 5.74) is 1.06. The zero-order chi connectivity index (χ0) is 14.1. The van der Waals surface area contributed by atoms with Crippen LogP contribution < -0.4 is 10.2 Å². The molecule has 0 aliphatic rings. The molecular formula is C13H24N4O2. The van der Waals surface area contributed by atoms with E-state index in [2.05, 4.69) is 22.2 Å². The number of ether oxygens (including phenoxy) is 2. The molecule has 0 amide bonds. The van der Waals surface area contributed by atoms with E-state index in [-0.39, 0.29) is 6.04 Å². The largest absolute Gasteiger partial charge is 0.383 e. The zero-order valence-electron chi connectivity index (χ0n) is 12.2. The highest BCUT2D eigenvalue weighted by atomic mass is 16.5. The van der Waals surface area contributed by atoms with Crippen LogP contribution in [0.3, 0.4) is 0 Å². The summed E-state index contributed by atoms with van der Waals surface area (Å²) in [6.07, 6.45) is 3.69. The molecule has 1 atom stereocenters. The van der Waals surface area contributed by atoms with Crippen LogP contribution in [0.2, 0.25) is 0 Å². The minimum atomic E-state index is 0.246. The van der Waals surface area contributed by atoms with E-state index in [0.717, 1.165) is 18.7 Å². The Kier molecular flexibility index (Phi) is 7.32. The van der Waals surface area contributed by atoms with Crippen molar-refractivity contribution < 1.29 is 9.47 Å². The van der Waals surface area contributed by atoms with Gasteiger partial charge in [0.1, 0.15) is 0 Å². The highest BCUT2D eigenvalue weighted by molar-refractivity contribution is 5.29. The van der Waals surface area contributed by atoms with Gasteiger partial charge in [-0.3, -0.25) is 0 Å². The molecule has 0 aromatic carbocycles. The number of methoxy groups -OCH3 is 2. The van der Waals surface area contributed by atoms with Gasteiger partial charge in [-0.15, -0.1) is 0 Å². The van der Waals surface area contributed by atoms with Gasteiger partial charge in [0.2, 0.25) is 5.95 Å². The average Bonchev–Trinajstić information content (AvgIpc) is 2.44.